The zero-order valence-corrected chi connectivity index (χ0v) is 31.6. The van der Waals surface area contributed by atoms with Gasteiger partial charge in [-0.05, 0) is 5.75 Å². The predicted molar refractivity (Wildman–Crippen MR) is 153 cm³/mol. The van der Waals surface area contributed by atoms with Crippen molar-refractivity contribution in [2.24, 2.45) is 5.92 Å². The number of rotatable bonds is 26. The molecule has 0 rings (SSSR count). The number of halogens is 29. The van der Waals surface area contributed by atoms with Crippen LogP contribution in [0.1, 0.15) is 19.8 Å². The number of thioether (sulfide) groups is 1. The summed E-state index contributed by atoms with van der Waals surface area (Å²) in [4.78, 5) is 23.0. The van der Waals surface area contributed by atoms with Crippen molar-refractivity contribution in [3.8, 4) is 0 Å². The number of Topliss-reactive ketones (excluding diaryl/α,β-unsaturated/α-hetero) is 1. The van der Waals surface area contributed by atoms with E-state index in [9.17, 15) is 137 Å². The SMILES string of the molecule is CC(CNCCC[N+](C)(C)CC(=O)O)C(=O)CSCCC(F)(F)C(F)(F)C(F)(F)C(F)(F)C(F)(F)C(F)(F)C(F)(F)C(F)(F)C(F)(F)C(F)(F)C(F)(F)C(F)(F)C(F)(F)C(F)(F)F. The number of nitrogens with zero attached hydrogens (tertiary/aromatic N) is 1. The average molecular weight is 1020 g/mol. The Morgan fingerprint density at radius 2 is 0.825 bits per heavy atom. The number of carboxylic acids is 1. The Balaban J connectivity index is 6.49. The molecule has 1 unspecified atom stereocenters. The Bertz CT molecular complexity index is 1600. The lowest BCUT2D eigenvalue weighted by atomic mass is 9.83. The number of carboxylic acid groups (broad SMARTS) is 1. The molecule has 0 bridgehead atoms. The molecule has 1 atom stereocenters. The van der Waals surface area contributed by atoms with Gasteiger partial charge in [-0.2, -0.15) is 139 Å². The van der Waals surface area contributed by atoms with E-state index >= 15 is 0 Å². The highest BCUT2D eigenvalue weighted by molar-refractivity contribution is 7.99. The van der Waals surface area contributed by atoms with Gasteiger partial charge in [0.05, 0.1) is 26.4 Å². The van der Waals surface area contributed by atoms with Crippen LogP contribution in [0.2, 0.25) is 0 Å². The topological polar surface area (TPSA) is 66.4 Å². The van der Waals surface area contributed by atoms with Gasteiger partial charge in [0.1, 0.15) is 5.78 Å². The fourth-order valence-electron chi connectivity index (χ4n) is 4.56. The van der Waals surface area contributed by atoms with Crippen molar-refractivity contribution in [2.45, 2.75) is 103 Å². The summed E-state index contributed by atoms with van der Waals surface area (Å²) in [5, 5.41) is 11.5. The zero-order chi connectivity index (χ0) is 51.3. The molecule has 0 aliphatic heterocycles. The van der Waals surface area contributed by atoms with Gasteiger partial charge in [-0.25, -0.2) is 4.79 Å². The van der Waals surface area contributed by atoms with Gasteiger partial charge in [0, 0.05) is 31.8 Å². The van der Waals surface area contributed by atoms with Crippen molar-refractivity contribution >= 4 is 23.5 Å². The summed E-state index contributed by atoms with van der Waals surface area (Å²) < 4.78 is 397. The molecule has 0 aromatic carbocycles. The van der Waals surface area contributed by atoms with Crippen molar-refractivity contribution in [3.63, 3.8) is 0 Å². The lowest BCUT2D eigenvalue weighted by Crippen LogP contribution is -2.79. The molecule has 0 heterocycles. The molecule has 376 valence electrons. The highest BCUT2D eigenvalue weighted by Gasteiger charge is 3.00. The molecule has 0 aromatic rings. The third kappa shape index (κ3) is 9.92. The van der Waals surface area contributed by atoms with Crippen LogP contribution in [0.25, 0.3) is 0 Å². The maximum absolute atomic E-state index is 14.2. The highest BCUT2D eigenvalue weighted by atomic mass is 32.2. The summed E-state index contributed by atoms with van der Waals surface area (Å²) in [7, 11) is 3.07. The van der Waals surface area contributed by atoms with Gasteiger partial charge in [-0.15, -0.1) is 0 Å². The Labute approximate surface area is 336 Å². The number of hydrogen-bond donors (Lipinski definition) is 2. The molecule has 35 heteroatoms. The molecule has 0 aromatic heterocycles. The molecule has 0 aliphatic rings. The second-order valence-corrected chi connectivity index (χ2v) is 15.1. The second kappa shape index (κ2) is 17.9. The summed E-state index contributed by atoms with van der Waals surface area (Å²) >= 11 is -0.233. The monoisotopic (exact) mass is 1020 g/mol. The molecular formula is C28H28F29N2O3S+. The predicted octanol–water partition coefficient (Wildman–Crippen LogP) is 10.3. The van der Waals surface area contributed by atoms with Gasteiger partial charge in [0.15, 0.2) is 6.54 Å². The first-order chi connectivity index (χ1) is 27.2. The second-order valence-electron chi connectivity index (χ2n) is 14.0. The fraction of sp³-hybridized carbons (Fsp3) is 0.929. The smallest absolute Gasteiger partial charge is 0.460 e. The third-order valence-electron chi connectivity index (χ3n) is 8.64. The van der Waals surface area contributed by atoms with Gasteiger partial charge < -0.3 is 14.9 Å². The van der Waals surface area contributed by atoms with E-state index in [2.05, 4.69) is 5.32 Å². The lowest BCUT2D eigenvalue weighted by Gasteiger charge is -2.46. The first-order valence-corrected chi connectivity index (χ1v) is 17.2. The van der Waals surface area contributed by atoms with E-state index in [1.54, 1.807) is 0 Å². The largest absolute Gasteiger partial charge is 0.477 e. The molecule has 0 saturated heterocycles. The molecule has 0 aliphatic carbocycles. The minimum Gasteiger partial charge on any atom is -0.477 e. The van der Waals surface area contributed by atoms with Crippen LogP contribution in [-0.2, 0) is 9.59 Å². The van der Waals surface area contributed by atoms with E-state index in [1.165, 1.54) is 14.1 Å². The molecule has 0 saturated carbocycles. The summed E-state index contributed by atoms with van der Waals surface area (Å²) in [5.74, 6) is -127. The normalized spacial score (nSPS) is 16.4. The van der Waals surface area contributed by atoms with E-state index in [0.29, 0.717) is 6.42 Å². The first kappa shape index (κ1) is 60.4. The Morgan fingerprint density at radius 3 is 1.13 bits per heavy atom. The number of quaternary nitrogens is 1. The van der Waals surface area contributed by atoms with Crippen molar-refractivity contribution in [1.29, 1.82) is 0 Å². The van der Waals surface area contributed by atoms with Gasteiger partial charge in [0.25, 0.3) is 0 Å². The van der Waals surface area contributed by atoms with Crippen LogP contribution in [0, 0.1) is 5.92 Å². The van der Waals surface area contributed by atoms with Crippen LogP contribution in [-0.4, -0.2) is 156 Å². The standard InChI is InChI=1S/C28H27F29N2O3S/c1-12(9-58-6-4-7-59(2,3)10-14(61)62)13(60)11-63-8-5-15(29,30)16(31,32)17(33,34)18(35,36)19(37,38)20(39,40)21(41,42)22(43,44)23(45,46)24(47,48)25(49,50)26(51,52)27(53,54)28(55,56)57/h12,58H,4-11H2,1-3H3/p+1. The molecule has 5 nitrogen and oxygen atoms in total. The quantitative estimate of drug-likeness (QED) is 0.0514. The van der Waals surface area contributed by atoms with Gasteiger partial charge in [-0.1, -0.05) is 6.92 Å². The number of likely N-dealkylation sites (N-methyl/N-ethyl adjacent to an activating group) is 1. The minimum atomic E-state index is -9.97. The number of ketones is 1. The van der Waals surface area contributed by atoms with E-state index in [0.717, 1.165) is 6.92 Å². The Morgan fingerprint density at radius 1 is 0.524 bits per heavy atom. The molecule has 2 N–H and O–H groups in total. The number of alkyl halides is 29. The average Bonchev–Trinajstić information content (AvgIpc) is 3.07. The summed E-state index contributed by atoms with van der Waals surface area (Å²) in [6.07, 6.45) is -11.0. The van der Waals surface area contributed by atoms with Crippen molar-refractivity contribution < 1.29 is 147 Å². The zero-order valence-electron chi connectivity index (χ0n) is 30.8. The van der Waals surface area contributed by atoms with Gasteiger partial charge >= 0.3 is 89.1 Å². The van der Waals surface area contributed by atoms with Crippen molar-refractivity contribution in [1.82, 2.24) is 5.32 Å². The third-order valence-corrected chi connectivity index (χ3v) is 9.62. The molecule has 0 spiro atoms. The van der Waals surface area contributed by atoms with Gasteiger partial charge in [-0.3, -0.25) is 4.79 Å². The van der Waals surface area contributed by atoms with Crippen LogP contribution in [0.15, 0.2) is 0 Å². The van der Waals surface area contributed by atoms with Crippen LogP contribution in [0.4, 0.5) is 127 Å². The Hall–Kier alpha value is -2.62. The number of nitrogens with one attached hydrogen (secondary N) is 1. The summed E-state index contributed by atoms with van der Waals surface area (Å²) in [6, 6.07) is 0. The Kier molecular flexibility index (Phi) is 17.1. The highest BCUT2D eigenvalue weighted by Crippen LogP contribution is 2.69. The van der Waals surface area contributed by atoms with Crippen LogP contribution < -0.4 is 5.32 Å². The molecule has 0 radical (unpaired) electrons. The number of carbonyl (C=O) groups is 2. The van der Waals surface area contributed by atoms with Crippen LogP contribution in [0.3, 0.4) is 0 Å². The molecular weight excluding hydrogens is 995 g/mol. The number of carbonyl (C=O) groups excluding carboxylic acids is 1. The van der Waals surface area contributed by atoms with E-state index < -0.39 is 119 Å². The summed E-state index contributed by atoms with van der Waals surface area (Å²) in [6.45, 7) is 1.01. The van der Waals surface area contributed by atoms with Crippen LogP contribution in [0.5, 0.6) is 0 Å². The summed E-state index contributed by atoms with van der Waals surface area (Å²) in [5.41, 5.74) is 0. The van der Waals surface area contributed by atoms with E-state index in [-0.39, 0.29) is 42.4 Å². The van der Waals surface area contributed by atoms with E-state index in [1.807, 2.05) is 0 Å². The maximum atomic E-state index is 14.2. The number of aliphatic carboxylic acids is 1. The van der Waals surface area contributed by atoms with Gasteiger partial charge in [0.2, 0.25) is 0 Å². The first-order valence-electron chi connectivity index (χ1n) is 16.0. The minimum absolute atomic E-state index is 0.0000235. The maximum Gasteiger partial charge on any atom is 0.460 e. The molecule has 0 fully saturated rings. The number of hydrogen-bond acceptors (Lipinski definition) is 4. The van der Waals surface area contributed by atoms with Crippen molar-refractivity contribution in [2.75, 3.05) is 51.8 Å². The molecule has 63 heavy (non-hydrogen) atoms. The lowest BCUT2D eigenvalue weighted by molar-refractivity contribution is -0.883. The van der Waals surface area contributed by atoms with E-state index in [4.69, 9.17) is 5.11 Å². The van der Waals surface area contributed by atoms with Crippen molar-refractivity contribution in [3.05, 3.63) is 0 Å². The van der Waals surface area contributed by atoms with Crippen LogP contribution >= 0.6 is 11.8 Å². The molecule has 0 amide bonds. The fourth-order valence-corrected chi connectivity index (χ4v) is 5.59.